The molecule has 25 heavy (non-hydrogen) atoms. The average Bonchev–Trinajstić information content (AvgIpc) is 2.66. The van der Waals surface area contributed by atoms with Crippen LogP contribution in [0.5, 0.6) is 0 Å². The normalized spacial score (nSPS) is 12.4. The number of fused-ring (bicyclic) bond motifs is 1. The van der Waals surface area contributed by atoms with Crippen molar-refractivity contribution in [3.05, 3.63) is 84.1 Å². The maximum absolute atomic E-state index is 12.3. The first-order chi connectivity index (χ1) is 12.3. The lowest BCUT2D eigenvalue weighted by atomic mass is 10.0. The van der Waals surface area contributed by atoms with Crippen LogP contribution in [0.2, 0.25) is 0 Å². The molecule has 0 saturated carbocycles. The van der Waals surface area contributed by atoms with Gasteiger partial charge in [-0.15, -0.1) is 0 Å². The first kappa shape index (κ1) is 16.9. The average molecular weight is 332 g/mol. The smallest absolute Gasteiger partial charge is 0.244 e. The third kappa shape index (κ3) is 4.31. The Kier molecular flexibility index (Phi) is 5.54. The number of aromatic nitrogens is 1. The minimum atomic E-state index is -0.214. The lowest BCUT2D eigenvalue weighted by molar-refractivity contribution is -0.117. The fourth-order valence-electron chi connectivity index (χ4n) is 2.78. The van der Waals surface area contributed by atoms with E-state index < -0.39 is 0 Å². The molecule has 0 aliphatic carbocycles. The molecule has 0 spiro atoms. The second kappa shape index (κ2) is 8.22. The molecule has 1 aromatic heterocycles. The number of aliphatic hydroxyl groups is 1. The molecular weight excluding hydrogens is 312 g/mol. The van der Waals surface area contributed by atoms with Gasteiger partial charge in [0.2, 0.25) is 5.91 Å². The Labute approximate surface area is 146 Å². The zero-order valence-corrected chi connectivity index (χ0v) is 13.8. The molecule has 1 heterocycles. The van der Waals surface area contributed by atoms with Crippen molar-refractivity contribution in [2.24, 2.45) is 0 Å². The van der Waals surface area contributed by atoms with Gasteiger partial charge in [-0.1, -0.05) is 54.6 Å². The molecule has 1 amide bonds. The number of para-hydroxylation sites is 1. The molecule has 0 saturated heterocycles. The molecule has 0 bridgehead atoms. The highest BCUT2D eigenvalue weighted by molar-refractivity contribution is 5.95. The lowest BCUT2D eigenvalue weighted by Gasteiger charge is -2.17. The Morgan fingerprint density at radius 3 is 2.68 bits per heavy atom. The molecule has 0 radical (unpaired) electrons. The molecule has 4 nitrogen and oxygen atoms in total. The first-order valence-electron chi connectivity index (χ1n) is 8.26. The van der Waals surface area contributed by atoms with Gasteiger partial charge in [0.15, 0.2) is 0 Å². The third-order valence-electron chi connectivity index (χ3n) is 4.01. The SMILES string of the molecule is O=C(/C=C/c1cccc2cccnc12)NC(CCO)c1ccccc1. The van der Waals surface area contributed by atoms with Crippen LogP contribution in [-0.2, 0) is 4.79 Å². The van der Waals surface area contributed by atoms with Crippen molar-refractivity contribution >= 4 is 22.9 Å². The van der Waals surface area contributed by atoms with Crippen molar-refractivity contribution in [3.63, 3.8) is 0 Å². The zero-order chi connectivity index (χ0) is 17.5. The van der Waals surface area contributed by atoms with E-state index in [2.05, 4.69) is 10.3 Å². The third-order valence-corrected chi connectivity index (χ3v) is 4.01. The minimum Gasteiger partial charge on any atom is -0.396 e. The van der Waals surface area contributed by atoms with Gasteiger partial charge in [-0.25, -0.2) is 0 Å². The van der Waals surface area contributed by atoms with Crippen molar-refractivity contribution in [3.8, 4) is 0 Å². The van der Waals surface area contributed by atoms with Crippen LogP contribution in [0.1, 0.15) is 23.6 Å². The first-order valence-corrected chi connectivity index (χ1v) is 8.26. The zero-order valence-electron chi connectivity index (χ0n) is 13.8. The predicted molar refractivity (Wildman–Crippen MR) is 99.8 cm³/mol. The van der Waals surface area contributed by atoms with E-state index >= 15 is 0 Å². The topological polar surface area (TPSA) is 62.2 Å². The number of benzene rings is 2. The van der Waals surface area contributed by atoms with Gasteiger partial charge in [-0.05, 0) is 24.1 Å². The fourth-order valence-corrected chi connectivity index (χ4v) is 2.78. The molecule has 3 aromatic rings. The summed E-state index contributed by atoms with van der Waals surface area (Å²) < 4.78 is 0. The molecule has 0 aliphatic heterocycles. The standard InChI is InChI=1S/C21H20N2O2/c24-15-13-19(16-6-2-1-3-7-16)23-20(25)12-11-18-9-4-8-17-10-5-14-22-21(17)18/h1-12,14,19,24H,13,15H2,(H,23,25)/b12-11+. The molecule has 1 atom stereocenters. The summed E-state index contributed by atoms with van der Waals surface area (Å²) in [5.41, 5.74) is 2.74. The molecule has 126 valence electrons. The summed E-state index contributed by atoms with van der Waals surface area (Å²) in [6.07, 6.45) is 5.49. The lowest BCUT2D eigenvalue weighted by Crippen LogP contribution is -2.27. The number of carbonyl (C=O) groups is 1. The van der Waals surface area contributed by atoms with Gasteiger partial charge in [0, 0.05) is 29.8 Å². The Hall–Kier alpha value is -2.98. The quantitative estimate of drug-likeness (QED) is 0.679. The summed E-state index contributed by atoms with van der Waals surface area (Å²) in [7, 11) is 0. The van der Waals surface area contributed by atoms with Crippen LogP contribution in [0.4, 0.5) is 0 Å². The maximum Gasteiger partial charge on any atom is 0.244 e. The van der Waals surface area contributed by atoms with Crippen molar-refractivity contribution in [2.45, 2.75) is 12.5 Å². The van der Waals surface area contributed by atoms with Gasteiger partial charge in [0.25, 0.3) is 0 Å². The number of amides is 1. The molecule has 0 fully saturated rings. The second-order valence-corrected chi connectivity index (χ2v) is 5.74. The number of nitrogens with one attached hydrogen (secondary N) is 1. The number of rotatable bonds is 6. The van der Waals surface area contributed by atoms with E-state index in [1.54, 1.807) is 12.3 Å². The highest BCUT2D eigenvalue weighted by atomic mass is 16.3. The van der Waals surface area contributed by atoms with Crippen LogP contribution >= 0.6 is 0 Å². The molecule has 4 heteroatoms. The summed E-state index contributed by atoms with van der Waals surface area (Å²) in [6, 6.07) is 19.2. The van der Waals surface area contributed by atoms with Crippen LogP contribution in [0.25, 0.3) is 17.0 Å². The monoisotopic (exact) mass is 332 g/mol. The Bertz CT molecular complexity index is 870. The molecule has 2 aromatic carbocycles. The largest absolute Gasteiger partial charge is 0.396 e. The Balaban J connectivity index is 1.75. The van der Waals surface area contributed by atoms with Crippen molar-refractivity contribution in [2.75, 3.05) is 6.61 Å². The number of nitrogens with zero attached hydrogens (tertiary/aromatic N) is 1. The highest BCUT2D eigenvalue weighted by Gasteiger charge is 2.12. The van der Waals surface area contributed by atoms with Gasteiger partial charge < -0.3 is 10.4 Å². The number of hydrogen-bond donors (Lipinski definition) is 2. The predicted octanol–water partition coefficient (Wildman–Crippen LogP) is 3.49. The van der Waals surface area contributed by atoms with Gasteiger partial charge >= 0.3 is 0 Å². The summed E-state index contributed by atoms with van der Waals surface area (Å²) in [5, 5.41) is 13.2. The Morgan fingerprint density at radius 1 is 1.08 bits per heavy atom. The van der Waals surface area contributed by atoms with Gasteiger partial charge in [-0.2, -0.15) is 0 Å². The number of aliphatic hydroxyl groups excluding tert-OH is 1. The van der Waals surface area contributed by atoms with E-state index in [1.807, 2.05) is 60.7 Å². The van der Waals surface area contributed by atoms with Crippen LogP contribution in [0, 0.1) is 0 Å². The van der Waals surface area contributed by atoms with Gasteiger partial charge in [0.1, 0.15) is 0 Å². The Morgan fingerprint density at radius 2 is 1.88 bits per heavy atom. The highest BCUT2D eigenvalue weighted by Crippen LogP contribution is 2.18. The molecule has 1 unspecified atom stereocenters. The van der Waals surface area contributed by atoms with E-state index in [9.17, 15) is 9.90 Å². The van der Waals surface area contributed by atoms with E-state index in [4.69, 9.17) is 0 Å². The second-order valence-electron chi connectivity index (χ2n) is 5.74. The summed E-state index contributed by atoms with van der Waals surface area (Å²) >= 11 is 0. The number of hydrogen-bond acceptors (Lipinski definition) is 3. The number of carbonyl (C=O) groups excluding carboxylic acids is 1. The maximum atomic E-state index is 12.3. The summed E-state index contributed by atoms with van der Waals surface area (Å²) in [5.74, 6) is -0.199. The summed E-state index contributed by atoms with van der Waals surface area (Å²) in [6.45, 7) is 0.0107. The van der Waals surface area contributed by atoms with E-state index in [0.29, 0.717) is 6.42 Å². The van der Waals surface area contributed by atoms with Crippen molar-refractivity contribution < 1.29 is 9.90 Å². The minimum absolute atomic E-state index is 0.0107. The molecule has 0 aliphatic rings. The molecule has 2 N–H and O–H groups in total. The van der Waals surface area contributed by atoms with E-state index in [1.165, 1.54) is 6.08 Å². The van der Waals surface area contributed by atoms with Crippen molar-refractivity contribution in [1.29, 1.82) is 0 Å². The van der Waals surface area contributed by atoms with Gasteiger partial charge in [0.05, 0.1) is 11.6 Å². The van der Waals surface area contributed by atoms with Crippen LogP contribution < -0.4 is 5.32 Å². The van der Waals surface area contributed by atoms with E-state index in [-0.39, 0.29) is 18.6 Å². The molecule has 3 rings (SSSR count). The molecular formula is C21H20N2O2. The van der Waals surface area contributed by atoms with Gasteiger partial charge in [-0.3, -0.25) is 9.78 Å². The van der Waals surface area contributed by atoms with Crippen LogP contribution in [-0.4, -0.2) is 22.6 Å². The van der Waals surface area contributed by atoms with Crippen molar-refractivity contribution in [1.82, 2.24) is 10.3 Å². The fraction of sp³-hybridized carbons (Fsp3) is 0.143. The number of pyridine rings is 1. The van der Waals surface area contributed by atoms with Crippen LogP contribution in [0.3, 0.4) is 0 Å². The van der Waals surface area contributed by atoms with E-state index in [0.717, 1.165) is 22.0 Å². The summed E-state index contributed by atoms with van der Waals surface area (Å²) in [4.78, 5) is 16.7. The van der Waals surface area contributed by atoms with Crippen LogP contribution in [0.15, 0.2) is 72.9 Å².